The molecule has 0 aliphatic heterocycles. The van der Waals surface area contributed by atoms with E-state index in [2.05, 4.69) is 21.2 Å². The number of carbonyl (C=O) groups excluding carboxylic acids is 1. The van der Waals surface area contributed by atoms with E-state index in [9.17, 15) is 4.79 Å². The van der Waals surface area contributed by atoms with Gasteiger partial charge in [-0.3, -0.25) is 4.79 Å². The van der Waals surface area contributed by atoms with Crippen LogP contribution >= 0.6 is 27.3 Å². The predicted octanol–water partition coefficient (Wildman–Crippen LogP) is 3.49. The maximum absolute atomic E-state index is 11.8. The minimum Gasteiger partial charge on any atom is -0.497 e. The number of carbonyl (C=O) groups is 1. The van der Waals surface area contributed by atoms with E-state index >= 15 is 0 Å². The Hall–Kier alpha value is -1.33. The van der Waals surface area contributed by atoms with Crippen LogP contribution in [0.1, 0.15) is 15.9 Å². The largest absolute Gasteiger partial charge is 0.497 e. The van der Waals surface area contributed by atoms with E-state index in [1.54, 1.807) is 7.11 Å². The summed E-state index contributed by atoms with van der Waals surface area (Å²) >= 11 is 4.85. The Kier molecular flexibility index (Phi) is 4.99. The van der Waals surface area contributed by atoms with Crippen LogP contribution in [0.25, 0.3) is 0 Å². The molecule has 2 rings (SSSR count). The topological polar surface area (TPSA) is 38.3 Å². The van der Waals surface area contributed by atoms with Crippen LogP contribution in [0.5, 0.6) is 5.75 Å². The number of amides is 1. The first-order valence-electron chi connectivity index (χ1n) is 5.84. The van der Waals surface area contributed by atoms with Crippen molar-refractivity contribution in [3.63, 3.8) is 0 Å². The molecule has 0 unspecified atom stereocenters. The first-order chi connectivity index (χ1) is 9.19. The zero-order valence-corrected chi connectivity index (χ0v) is 12.9. The summed E-state index contributed by atoms with van der Waals surface area (Å²) in [5, 5.41) is 4.74. The number of rotatable bonds is 5. The van der Waals surface area contributed by atoms with Crippen LogP contribution < -0.4 is 10.1 Å². The Morgan fingerprint density at radius 3 is 2.95 bits per heavy atom. The van der Waals surface area contributed by atoms with E-state index < -0.39 is 0 Å². The first-order valence-corrected chi connectivity index (χ1v) is 7.51. The van der Waals surface area contributed by atoms with Gasteiger partial charge in [-0.15, -0.1) is 11.3 Å². The smallest absolute Gasteiger partial charge is 0.252 e. The Morgan fingerprint density at radius 2 is 2.26 bits per heavy atom. The fourth-order valence-corrected chi connectivity index (χ4v) is 2.82. The number of benzene rings is 1. The molecule has 2 aromatic rings. The number of halogens is 1. The molecule has 0 aliphatic rings. The molecule has 3 nitrogen and oxygen atoms in total. The Bertz CT molecular complexity index is 568. The molecule has 1 aromatic carbocycles. The second kappa shape index (κ2) is 6.73. The number of ether oxygens (including phenoxy) is 1. The molecule has 1 N–H and O–H groups in total. The fourth-order valence-electron chi connectivity index (χ4n) is 1.68. The molecular formula is C14H14BrNO2S. The highest BCUT2D eigenvalue weighted by Gasteiger charge is 2.07. The quantitative estimate of drug-likeness (QED) is 0.905. The van der Waals surface area contributed by atoms with E-state index in [1.807, 2.05) is 35.7 Å². The van der Waals surface area contributed by atoms with Gasteiger partial charge in [0.25, 0.3) is 5.91 Å². The highest BCUT2D eigenvalue weighted by molar-refractivity contribution is 9.11. The van der Waals surface area contributed by atoms with Gasteiger partial charge in [-0.1, -0.05) is 12.1 Å². The molecule has 0 aliphatic carbocycles. The maximum atomic E-state index is 11.8. The van der Waals surface area contributed by atoms with E-state index in [4.69, 9.17) is 4.74 Å². The molecule has 5 heteroatoms. The number of hydrogen-bond donors (Lipinski definition) is 1. The van der Waals surface area contributed by atoms with Crippen molar-refractivity contribution in [3.8, 4) is 5.75 Å². The molecule has 0 spiro atoms. The summed E-state index contributed by atoms with van der Waals surface area (Å²) in [5.41, 5.74) is 1.84. The molecule has 0 saturated heterocycles. The molecule has 1 amide bonds. The molecule has 0 atom stereocenters. The van der Waals surface area contributed by atoms with Crippen LogP contribution in [0.3, 0.4) is 0 Å². The van der Waals surface area contributed by atoms with Gasteiger partial charge in [-0.2, -0.15) is 0 Å². The van der Waals surface area contributed by atoms with Crippen molar-refractivity contribution in [2.75, 3.05) is 13.7 Å². The van der Waals surface area contributed by atoms with Gasteiger partial charge in [0.2, 0.25) is 0 Å². The van der Waals surface area contributed by atoms with Crippen molar-refractivity contribution < 1.29 is 9.53 Å². The SMILES string of the molecule is COc1cccc(CCNC(=O)c2csc(Br)c2)c1. The van der Waals surface area contributed by atoms with Gasteiger partial charge < -0.3 is 10.1 Å². The van der Waals surface area contributed by atoms with Crippen LogP contribution in [0.2, 0.25) is 0 Å². The van der Waals surface area contributed by atoms with Gasteiger partial charge in [0.15, 0.2) is 0 Å². The fraction of sp³-hybridized carbons (Fsp3) is 0.214. The summed E-state index contributed by atoms with van der Waals surface area (Å²) in [5.74, 6) is 0.801. The van der Waals surface area contributed by atoms with Crippen LogP contribution in [-0.4, -0.2) is 19.6 Å². The number of hydrogen-bond acceptors (Lipinski definition) is 3. The minimum absolute atomic E-state index is 0.0372. The summed E-state index contributed by atoms with van der Waals surface area (Å²) in [6.07, 6.45) is 0.786. The van der Waals surface area contributed by atoms with E-state index in [-0.39, 0.29) is 5.91 Å². The van der Waals surface area contributed by atoms with Crippen molar-refractivity contribution in [2.45, 2.75) is 6.42 Å². The molecule has 1 heterocycles. The molecular weight excluding hydrogens is 326 g/mol. The van der Waals surface area contributed by atoms with E-state index in [0.29, 0.717) is 12.1 Å². The lowest BCUT2D eigenvalue weighted by Gasteiger charge is -2.06. The maximum Gasteiger partial charge on any atom is 0.252 e. The van der Waals surface area contributed by atoms with Crippen molar-refractivity contribution >= 4 is 33.2 Å². The van der Waals surface area contributed by atoms with Gasteiger partial charge in [0.05, 0.1) is 16.5 Å². The van der Waals surface area contributed by atoms with E-state index in [1.165, 1.54) is 11.3 Å². The lowest BCUT2D eigenvalue weighted by Crippen LogP contribution is -2.25. The zero-order valence-electron chi connectivity index (χ0n) is 10.5. The lowest BCUT2D eigenvalue weighted by molar-refractivity contribution is 0.0954. The third kappa shape index (κ3) is 4.08. The van der Waals surface area contributed by atoms with Crippen LogP contribution in [0.15, 0.2) is 39.5 Å². The van der Waals surface area contributed by atoms with Crippen molar-refractivity contribution in [3.05, 3.63) is 50.6 Å². The second-order valence-electron chi connectivity index (χ2n) is 4.00. The normalized spacial score (nSPS) is 10.2. The number of methoxy groups -OCH3 is 1. The van der Waals surface area contributed by atoms with Gasteiger partial charge in [0.1, 0.15) is 5.75 Å². The summed E-state index contributed by atoms with van der Waals surface area (Å²) in [6.45, 7) is 0.611. The average molecular weight is 340 g/mol. The average Bonchev–Trinajstić information content (AvgIpc) is 2.86. The van der Waals surface area contributed by atoms with Gasteiger partial charge in [-0.25, -0.2) is 0 Å². The highest BCUT2D eigenvalue weighted by atomic mass is 79.9. The van der Waals surface area contributed by atoms with Crippen LogP contribution in [0, 0.1) is 0 Å². The summed E-state index contributed by atoms with van der Waals surface area (Å²) in [7, 11) is 1.65. The molecule has 0 fully saturated rings. The van der Waals surface area contributed by atoms with Crippen LogP contribution in [-0.2, 0) is 6.42 Å². The molecule has 1 aromatic heterocycles. The third-order valence-corrected chi connectivity index (χ3v) is 4.17. The lowest BCUT2D eigenvalue weighted by atomic mass is 10.1. The predicted molar refractivity (Wildman–Crippen MR) is 81.1 cm³/mol. The molecule has 0 radical (unpaired) electrons. The Labute approximate surface area is 124 Å². The molecule has 0 bridgehead atoms. The first kappa shape index (κ1) is 14.1. The summed E-state index contributed by atoms with van der Waals surface area (Å²) in [6, 6.07) is 9.69. The summed E-state index contributed by atoms with van der Waals surface area (Å²) in [4.78, 5) is 11.8. The molecule has 0 saturated carbocycles. The Morgan fingerprint density at radius 1 is 1.42 bits per heavy atom. The highest BCUT2D eigenvalue weighted by Crippen LogP contribution is 2.20. The molecule has 100 valence electrons. The van der Waals surface area contributed by atoms with E-state index in [0.717, 1.165) is 21.5 Å². The Balaban J connectivity index is 1.84. The minimum atomic E-state index is -0.0372. The summed E-state index contributed by atoms with van der Waals surface area (Å²) < 4.78 is 6.13. The zero-order chi connectivity index (χ0) is 13.7. The van der Waals surface area contributed by atoms with Gasteiger partial charge in [0, 0.05) is 11.9 Å². The van der Waals surface area contributed by atoms with Crippen molar-refractivity contribution in [1.82, 2.24) is 5.32 Å². The third-order valence-electron chi connectivity index (χ3n) is 2.66. The van der Waals surface area contributed by atoms with Crippen LogP contribution in [0.4, 0.5) is 0 Å². The second-order valence-corrected chi connectivity index (χ2v) is 6.29. The van der Waals surface area contributed by atoms with Gasteiger partial charge >= 0.3 is 0 Å². The monoisotopic (exact) mass is 339 g/mol. The van der Waals surface area contributed by atoms with Gasteiger partial charge in [-0.05, 0) is 46.1 Å². The standard InChI is InChI=1S/C14H14BrNO2S/c1-18-12-4-2-3-10(7-12)5-6-16-14(17)11-8-13(15)19-9-11/h2-4,7-9H,5-6H2,1H3,(H,16,17). The van der Waals surface area contributed by atoms with Crippen molar-refractivity contribution in [2.24, 2.45) is 0 Å². The number of thiophene rings is 1. The van der Waals surface area contributed by atoms with Crippen molar-refractivity contribution in [1.29, 1.82) is 0 Å². The number of nitrogens with one attached hydrogen (secondary N) is 1. The molecule has 19 heavy (non-hydrogen) atoms.